The van der Waals surface area contributed by atoms with E-state index in [0.29, 0.717) is 5.69 Å². The van der Waals surface area contributed by atoms with E-state index in [4.69, 9.17) is 22.3 Å². The van der Waals surface area contributed by atoms with E-state index in [2.05, 4.69) is 55.2 Å². The highest BCUT2D eigenvalue weighted by Crippen LogP contribution is 2.16. The highest BCUT2D eigenvalue weighted by atomic mass is 128. The topological polar surface area (TPSA) is 110 Å². The smallest absolute Gasteiger partial charge is 0.138 e. The minimum atomic E-state index is 0.146. The summed E-state index contributed by atoms with van der Waals surface area (Å²) in [7, 11) is 1.85. The van der Waals surface area contributed by atoms with Crippen LogP contribution < -0.4 is 22.5 Å². The summed E-state index contributed by atoms with van der Waals surface area (Å²) in [6.45, 7) is 12.0. The first-order chi connectivity index (χ1) is 16.0. The number of rotatable bonds is 1. The summed E-state index contributed by atoms with van der Waals surface area (Å²) < 4.78 is 0. The van der Waals surface area contributed by atoms with Gasteiger partial charge in [-0.3, -0.25) is 0 Å². The van der Waals surface area contributed by atoms with Crippen LogP contribution in [-0.2, 0) is 0 Å². The Labute approximate surface area is 230 Å². The molecule has 0 aromatic heterocycles. The molecule has 0 radical (unpaired) electrons. The molecule has 0 aliphatic carbocycles. The second-order valence-corrected chi connectivity index (χ2v) is 5.44. The van der Waals surface area contributed by atoms with Crippen LogP contribution >= 0.6 is 49.9 Å². The number of halogens is 2. The van der Waals surface area contributed by atoms with Crippen LogP contribution in [0.5, 0.6) is 5.75 Å². The molecule has 0 aliphatic heterocycles. The second kappa shape index (κ2) is 30.5. The summed E-state index contributed by atoms with van der Waals surface area (Å²) >= 11 is 8.31. The van der Waals surface area contributed by atoms with Crippen molar-refractivity contribution in [1.82, 2.24) is 0 Å². The first-order valence-corrected chi connectivity index (χ1v) is 17.4. The number of anilines is 4. The lowest BCUT2D eigenvalue weighted by Gasteiger charge is -2.01. The van der Waals surface area contributed by atoms with E-state index < -0.39 is 0 Å². The van der Waals surface area contributed by atoms with Gasteiger partial charge in [-0.2, -0.15) is 0 Å². The maximum absolute atomic E-state index is 8.79. The zero-order valence-corrected chi connectivity index (χ0v) is 26.0. The molecule has 5 nitrogen and oxygen atoms in total. The van der Waals surface area contributed by atoms with Gasteiger partial charge in [0.25, 0.3) is 0 Å². The summed E-state index contributed by atoms with van der Waals surface area (Å²) in [5, 5.41) is 11.8. The van der Waals surface area contributed by atoms with Crippen molar-refractivity contribution in [2.45, 2.75) is 46.4 Å². The van der Waals surface area contributed by atoms with Crippen molar-refractivity contribution < 1.29 is 5.11 Å². The number of phenolic OH excluding ortho intramolecular Hbond substituents is 1. The SMILES string of the molecule is CC.CC.CC.CNc1ccccc1N.II.Nc1ccccc1O.Nc1ccccc1S. The van der Waals surface area contributed by atoms with Gasteiger partial charge in [-0.05, 0) is 36.4 Å². The van der Waals surface area contributed by atoms with Gasteiger partial charge in [0.2, 0.25) is 0 Å². The third kappa shape index (κ3) is 22.0. The molecule has 3 rings (SSSR count). The van der Waals surface area contributed by atoms with Crippen LogP contribution in [0, 0.1) is 0 Å². The molecular formula is C25H42I2N4OS. The van der Waals surface area contributed by atoms with Gasteiger partial charge >= 0.3 is 0 Å². The molecule has 0 saturated carbocycles. The normalized spacial score (nSPS) is 7.58. The van der Waals surface area contributed by atoms with E-state index in [1.54, 1.807) is 24.3 Å². The van der Waals surface area contributed by atoms with Gasteiger partial charge in [0, 0.05) is 54.9 Å². The van der Waals surface area contributed by atoms with Crippen molar-refractivity contribution in [2.75, 3.05) is 29.6 Å². The number of aromatic hydroxyl groups is 1. The summed E-state index contributed by atoms with van der Waals surface area (Å²) in [5.74, 6) is 0.146. The fourth-order valence-electron chi connectivity index (χ4n) is 1.70. The molecule has 0 bridgehead atoms. The van der Waals surface area contributed by atoms with Crippen molar-refractivity contribution in [1.29, 1.82) is 0 Å². The highest BCUT2D eigenvalue weighted by molar-refractivity contribution is 15.0. The zero-order chi connectivity index (χ0) is 26.7. The Morgan fingerprint density at radius 1 is 0.636 bits per heavy atom. The van der Waals surface area contributed by atoms with E-state index >= 15 is 0 Å². The predicted octanol–water partition coefficient (Wildman–Crippen LogP) is 8.69. The highest BCUT2D eigenvalue weighted by Gasteiger charge is 1.89. The lowest BCUT2D eigenvalue weighted by Crippen LogP contribution is -1.93. The van der Waals surface area contributed by atoms with E-state index in [9.17, 15) is 0 Å². The Morgan fingerprint density at radius 3 is 1.24 bits per heavy atom. The number of benzene rings is 3. The minimum absolute atomic E-state index is 0.146. The van der Waals surface area contributed by atoms with E-state index in [-0.39, 0.29) is 5.75 Å². The lowest BCUT2D eigenvalue weighted by molar-refractivity contribution is 0.478. The first-order valence-electron chi connectivity index (χ1n) is 10.7. The monoisotopic (exact) mass is 700 g/mol. The van der Waals surface area contributed by atoms with Crippen LogP contribution in [0.25, 0.3) is 0 Å². The standard InChI is InChI=1S/C7H10N2.C6H7NO.C6H7NS.3C2H6.I2/c1-9-7-5-3-2-4-6(7)8;2*7-5-3-1-2-4-6(5)8;4*1-2/h2-5,9H,8H2,1H3;2*1-4,8H,7H2;3*1-2H3;. The third-order valence-electron chi connectivity index (χ3n) is 3.10. The van der Waals surface area contributed by atoms with Crippen LogP contribution in [0.4, 0.5) is 22.7 Å². The Morgan fingerprint density at radius 2 is 1.00 bits per heavy atom. The molecule has 0 aliphatic rings. The average Bonchev–Trinajstić information content (AvgIpc) is 2.89. The molecule has 0 unspecified atom stereocenters. The van der Waals surface area contributed by atoms with Gasteiger partial charge in [-0.1, -0.05) is 77.9 Å². The van der Waals surface area contributed by atoms with Crippen molar-refractivity contribution in [3.05, 3.63) is 72.8 Å². The van der Waals surface area contributed by atoms with Gasteiger partial charge in [0.05, 0.1) is 17.1 Å². The van der Waals surface area contributed by atoms with Crippen molar-refractivity contribution >= 4 is 72.6 Å². The van der Waals surface area contributed by atoms with Gasteiger partial charge < -0.3 is 27.6 Å². The number of hydrogen-bond donors (Lipinski definition) is 6. The summed E-state index contributed by atoms with van der Waals surface area (Å²) in [6.07, 6.45) is 0. The first kappa shape index (κ1) is 38.7. The lowest BCUT2D eigenvalue weighted by atomic mass is 10.3. The fraction of sp³-hybridized carbons (Fsp3) is 0.280. The molecular weight excluding hydrogens is 658 g/mol. The fourth-order valence-corrected chi connectivity index (χ4v) is 1.86. The summed E-state index contributed by atoms with van der Waals surface area (Å²) in [5.41, 5.74) is 19.2. The van der Waals surface area contributed by atoms with Crippen LogP contribution in [0.3, 0.4) is 0 Å². The molecule has 0 heterocycles. The summed E-state index contributed by atoms with van der Waals surface area (Å²) in [4.78, 5) is 0.840. The molecule has 0 amide bonds. The van der Waals surface area contributed by atoms with Crippen molar-refractivity contribution in [2.24, 2.45) is 0 Å². The molecule has 0 fully saturated rings. The number of thiol groups is 1. The molecule has 0 atom stereocenters. The van der Waals surface area contributed by atoms with Crippen molar-refractivity contribution in [3.8, 4) is 5.75 Å². The Kier molecular flexibility index (Phi) is 35.8. The van der Waals surface area contributed by atoms with Crippen LogP contribution in [-0.4, -0.2) is 12.2 Å². The number of nitrogens with one attached hydrogen (secondary N) is 1. The van der Waals surface area contributed by atoms with Crippen LogP contribution in [0.2, 0.25) is 0 Å². The summed E-state index contributed by atoms with van der Waals surface area (Å²) in [6, 6.07) is 21.8. The average molecular weight is 701 g/mol. The van der Waals surface area contributed by atoms with Gasteiger partial charge in [0.15, 0.2) is 0 Å². The number of nitrogens with two attached hydrogens (primary N) is 3. The maximum atomic E-state index is 8.79. The predicted molar refractivity (Wildman–Crippen MR) is 173 cm³/mol. The number of hydrogen-bond acceptors (Lipinski definition) is 6. The molecule has 8 heteroatoms. The van der Waals surface area contributed by atoms with Crippen LogP contribution in [0.15, 0.2) is 77.7 Å². The number of para-hydroxylation sites is 5. The molecule has 3 aromatic carbocycles. The second-order valence-electron chi connectivity index (χ2n) is 4.95. The largest absolute Gasteiger partial charge is 0.506 e. The molecule has 8 N–H and O–H groups in total. The minimum Gasteiger partial charge on any atom is -0.506 e. The molecule has 0 spiro atoms. The van der Waals surface area contributed by atoms with Crippen LogP contribution in [0.1, 0.15) is 41.5 Å². The van der Waals surface area contributed by atoms with E-state index in [0.717, 1.165) is 22.0 Å². The molecule has 0 saturated heterocycles. The Hall–Kier alpha value is -1.53. The number of phenols is 1. The van der Waals surface area contributed by atoms with E-state index in [1.807, 2.05) is 97.1 Å². The van der Waals surface area contributed by atoms with Gasteiger partial charge in [-0.25, -0.2) is 0 Å². The Bertz CT molecular complexity index is 708. The zero-order valence-electron chi connectivity index (χ0n) is 20.8. The molecule has 33 heavy (non-hydrogen) atoms. The molecule has 3 aromatic rings. The quantitative estimate of drug-likeness (QED) is 0.0659. The third-order valence-corrected chi connectivity index (χ3v) is 3.51. The number of nitrogen functional groups attached to an aromatic ring is 3. The van der Waals surface area contributed by atoms with Crippen molar-refractivity contribution in [3.63, 3.8) is 0 Å². The molecule has 188 valence electrons. The van der Waals surface area contributed by atoms with Gasteiger partial charge in [-0.15, -0.1) is 12.6 Å². The maximum Gasteiger partial charge on any atom is 0.138 e. The Balaban J connectivity index is -0.000000166. The van der Waals surface area contributed by atoms with E-state index in [1.165, 1.54) is 0 Å². The van der Waals surface area contributed by atoms with Gasteiger partial charge in [0.1, 0.15) is 5.75 Å².